The molecule has 7 nitrogen and oxygen atoms in total. The number of hydrogen-bond donors (Lipinski definition) is 1. The van der Waals surface area contributed by atoms with Gasteiger partial charge in [-0.1, -0.05) is 0 Å². The highest BCUT2D eigenvalue weighted by atomic mass is 32.2. The van der Waals surface area contributed by atoms with Crippen LogP contribution in [0.4, 0.5) is 20.6 Å². The number of halogens is 1. The van der Waals surface area contributed by atoms with Crippen molar-refractivity contribution < 1.29 is 23.3 Å². The quantitative estimate of drug-likeness (QED) is 0.808. The Morgan fingerprint density at radius 3 is 2.96 bits per heavy atom. The second kappa shape index (κ2) is 6.86. The van der Waals surface area contributed by atoms with E-state index in [1.165, 1.54) is 17.9 Å². The summed E-state index contributed by atoms with van der Waals surface area (Å²) in [5, 5.41) is 2.59. The monoisotopic (exact) mass is 355 g/mol. The van der Waals surface area contributed by atoms with Crippen molar-refractivity contribution in [3.63, 3.8) is 0 Å². The molecular weight excluding hydrogens is 337 g/mol. The molecule has 0 spiro atoms. The van der Waals surface area contributed by atoms with Crippen molar-refractivity contribution in [3.05, 3.63) is 24.0 Å². The van der Waals surface area contributed by atoms with Gasteiger partial charge in [0.05, 0.1) is 31.0 Å². The average Bonchev–Trinajstić information content (AvgIpc) is 3.11. The smallest absolute Gasteiger partial charge is 0.414 e. The Morgan fingerprint density at radius 1 is 1.54 bits per heavy atom. The Balaban J connectivity index is 1.70. The van der Waals surface area contributed by atoms with Gasteiger partial charge >= 0.3 is 6.09 Å². The lowest BCUT2D eigenvalue weighted by atomic mass is 10.2. The van der Waals surface area contributed by atoms with E-state index < -0.39 is 29.2 Å². The molecule has 2 aliphatic heterocycles. The minimum atomic E-state index is -0.946. The number of anilines is 2. The predicted molar refractivity (Wildman–Crippen MR) is 87.9 cm³/mol. The van der Waals surface area contributed by atoms with Gasteiger partial charge in [0.1, 0.15) is 17.7 Å². The number of nitrogens with one attached hydrogen (secondary N) is 1. The van der Waals surface area contributed by atoms with Crippen molar-refractivity contribution in [3.8, 4) is 0 Å². The molecular formula is C15H18FN3O4S. The van der Waals surface area contributed by atoms with Crippen LogP contribution in [-0.2, 0) is 20.7 Å². The molecule has 0 bridgehead atoms. The highest BCUT2D eigenvalue weighted by Gasteiger charge is 2.33. The summed E-state index contributed by atoms with van der Waals surface area (Å²) < 4.78 is 31.0. The van der Waals surface area contributed by atoms with E-state index in [0.29, 0.717) is 29.5 Å². The molecule has 0 aliphatic carbocycles. The fourth-order valence-electron chi connectivity index (χ4n) is 2.72. The first-order valence-corrected chi connectivity index (χ1v) is 9.05. The van der Waals surface area contributed by atoms with Crippen molar-refractivity contribution in [2.24, 2.45) is 0 Å². The third kappa shape index (κ3) is 3.57. The summed E-state index contributed by atoms with van der Waals surface area (Å²) in [6.45, 7) is 2.39. The lowest BCUT2D eigenvalue weighted by Crippen LogP contribution is -2.33. The molecule has 2 atom stereocenters. The third-order valence-corrected chi connectivity index (χ3v) is 5.16. The van der Waals surface area contributed by atoms with Crippen molar-refractivity contribution >= 4 is 34.6 Å². The fraction of sp³-hybridized carbons (Fsp3) is 0.467. The number of rotatable bonds is 4. The number of ether oxygens (including phenoxy) is 1. The van der Waals surface area contributed by atoms with Gasteiger partial charge in [0, 0.05) is 6.92 Å². The second-order valence-corrected chi connectivity index (χ2v) is 7.27. The van der Waals surface area contributed by atoms with Crippen LogP contribution in [0.25, 0.3) is 0 Å². The minimum Gasteiger partial charge on any atom is -0.615 e. The molecule has 24 heavy (non-hydrogen) atoms. The van der Waals surface area contributed by atoms with Crippen molar-refractivity contribution in [1.82, 2.24) is 5.32 Å². The molecule has 0 saturated carbocycles. The molecule has 0 aromatic heterocycles. The molecule has 0 radical (unpaired) electrons. The van der Waals surface area contributed by atoms with Crippen molar-refractivity contribution in [1.29, 1.82) is 0 Å². The van der Waals surface area contributed by atoms with Crippen LogP contribution in [0.2, 0.25) is 0 Å². The van der Waals surface area contributed by atoms with Gasteiger partial charge in [0.25, 0.3) is 0 Å². The number of carbonyl (C=O) groups is 2. The van der Waals surface area contributed by atoms with Crippen LogP contribution < -0.4 is 15.1 Å². The Kier molecular flexibility index (Phi) is 4.81. The summed E-state index contributed by atoms with van der Waals surface area (Å²) in [5.41, 5.74) is 0.777. The maximum atomic E-state index is 14.4. The molecule has 2 heterocycles. The van der Waals surface area contributed by atoms with E-state index in [1.54, 1.807) is 17.0 Å². The van der Waals surface area contributed by atoms with Gasteiger partial charge in [-0.15, -0.1) is 0 Å². The van der Waals surface area contributed by atoms with Crippen LogP contribution in [0.5, 0.6) is 0 Å². The molecule has 1 aromatic carbocycles. The lowest BCUT2D eigenvalue weighted by molar-refractivity contribution is -0.119. The summed E-state index contributed by atoms with van der Waals surface area (Å²) >= 11 is -0.946. The van der Waals surface area contributed by atoms with Crippen molar-refractivity contribution in [2.75, 3.05) is 41.1 Å². The van der Waals surface area contributed by atoms with Crippen LogP contribution in [0, 0.1) is 5.82 Å². The fourth-order valence-corrected chi connectivity index (χ4v) is 3.89. The molecule has 130 valence electrons. The van der Waals surface area contributed by atoms with E-state index in [0.717, 1.165) is 0 Å². The molecule has 1 N–H and O–H groups in total. The van der Waals surface area contributed by atoms with E-state index in [1.807, 2.05) is 0 Å². The maximum absolute atomic E-state index is 14.4. The number of benzene rings is 1. The molecule has 1 unspecified atom stereocenters. The van der Waals surface area contributed by atoms with Crippen molar-refractivity contribution in [2.45, 2.75) is 13.0 Å². The van der Waals surface area contributed by atoms with Gasteiger partial charge < -0.3 is 19.5 Å². The number of amides is 2. The van der Waals surface area contributed by atoms with E-state index >= 15 is 0 Å². The van der Waals surface area contributed by atoms with Gasteiger partial charge in [-0.25, -0.2) is 9.18 Å². The molecule has 9 heteroatoms. The molecule has 2 fully saturated rings. The normalized spacial score (nSPS) is 23.5. The largest absolute Gasteiger partial charge is 0.615 e. The van der Waals surface area contributed by atoms with E-state index in [2.05, 4.69) is 5.32 Å². The summed E-state index contributed by atoms with van der Waals surface area (Å²) in [5.74, 6) is 0.179. The summed E-state index contributed by atoms with van der Waals surface area (Å²) in [6.07, 6.45) is -1.04. The van der Waals surface area contributed by atoms with Crippen LogP contribution >= 0.6 is 0 Å². The summed E-state index contributed by atoms with van der Waals surface area (Å²) in [4.78, 5) is 25.9. The summed E-state index contributed by atoms with van der Waals surface area (Å²) in [7, 11) is 0. The first-order chi connectivity index (χ1) is 11.4. The SMILES string of the molecule is CC(=O)NC[C@H]1CN(c2ccc(N3CC[S+]([O-])C3)c(F)c2)C(=O)O1. The topological polar surface area (TPSA) is 84.9 Å². The zero-order chi connectivity index (χ0) is 17.3. The number of hydrogen-bond acceptors (Lipinski definition) is 5. The van der Waals surface area contributed by atoms with Gasteiger partial charge in [0.15, 0.2) is 5.88 Å². The standard InChI is InChI=1S/C15H18FN3O4S/c1-10(20)17-7-12-8-19(15(21)23-12)11-2-3-14(13(16)6-11)18-4-5-24(22)9-18/h2-3,6,12H,4-5,7-9H2,1H3,(H,17,20)/t12-,24?/m0/s1. The zero-order valence-electron chi connectivity index (χ0n) is 13.2. The van der Waals surface area contributed by atoms with Gasteiger partial charge in [-0.2, -0.15) is 0 Å². The Bertz CT molecular complexity index is 660. The van der Waals surface area contributed by atoms with E-state index in [4.69, 9.17) is 4.74 Å². The number of cyclic esters (lactones) is 1. The Hall–Kier alpha value is -2.00. The molecule has 2 aliphatic rings. The van der Waals surface area contributed by atoms with Crippen LogP contribution in [0.15, 0.2) is 18.2 Å². The second-order valence-electron chi connectivity index (χ2n) is 5.73. The van der Waals surface area contributed by atoms with Crippen LogP contribution in [-0.4, -0.2) is 53.9 Å². The maximum Gasteiger partial charge on any atom is 0.414 e. The molecule has 2 amide bonds. The highest BCUT2D eigenvalue weighted by Crippen LogP contribution is 2.29. The Morgan fingerprint density at radius 2 is 2.33 bits per heavy atom. The number of nitrogens with zero attached hydrogens (tertiary/aromatic N) is 2. The summed E-state index contributed by atoms with van der Waals surface area (Å²) in [6, 6.07) is 4.50. The molecule has 1 aromatic rings. The third-order valence-electron chi connectivity index (χ3n) is 3.93. The lowest BCUT2D eigenvalue weighted by Gasteiger charge is -2.18. The average molecular weight is 355 g/mol. The van der Waals surface area contributed by atoms with Gasteiger partial charge in [0.2, 0.25) is 5.91 Å². The first kappa shape index (κ1) is 16.8. The Labute approximate surface area is 141 Å². The van der Waals surface area contributed by atoms with Gasteiger partial charge in [-0.05, 0) is 29.4 Å². The first-order valence-electron chi connectivity index (χ1n) is 7.56. The number of carbonyl (C=O) groups excluding carboxylic acids is 2. The van der Waals surface area contributed by atoms with Crippen LogP contribution in [0.3, 0.4) is 0 Å². The highest BCUT2D eigenvalue weighted by molar-refractivity contribution is 7.91. The minimum absolute atomic E-state index is 0.206. The molecule has 3 rings (SSSR count). The van der Waals surface area contributed by atoms with Crippen LogP contribution in [0.1, 0.15) is 6.92 Å². The van der Waals surface area contributed by atoms with Gasteiger partial charge in [-0.3, -0.25) is 9.69 Å². The van der Waals surface area contributed by atoms with E-state index in [-0.39, 0.29) is 19.0 Å². The van der Waals surface area contributed by atoms with E-state index in [9.17, 15) is 18.5 Å². The molecule has 2 saturated heterocycles. The zero-order valence-corrected chi connectivity index (χ0v) is 14.0. The predicted octanol–water partition coefficient (Wildman–Crippen LogP) is 0.813.